The van der Waals surface area contributed by atoms with Gasteiger partial charge in [0, 0.05) is 18.0 Å². The highest BCUT2D eigenvalue weighted by molar-refractivity contribution is 6.20. The summed E-state index contributed by atoms with van der Waals surface area (Å²) < 4.78 is 0. The van der Waals surface area contributed by atoms with Gasteiger partial charge in [-0.25, -0.2) is 5.43 Å². The Labute approximate surface area is 104 Å². The van der Waals surface area contributed by atoms with E-state index in [9.17, 15) is 4.79 Å². The molecule has 1 atom stereocenters. The first-order valence-corrected chi connectivity index (χ1v) is 5.69. The molecule has 0 fully saturated rings. The van der Waals surface area contributed by atoms with E-state index in [1.165, 1.54) is 0 Å². The first-order valence-electron chi connectivity index (χ1n) is 5.69. The van der Waals surface area contributed by atoms with Crippen molar-refractivity contribution >= 4 is 11.6 Å². The van der Waals surface area contributed by atoms with Crippen molar-refractivity contribution in [2.24, 2.45) is 5.10 Å². The van der Waals surface area contributed by atoms with E-state index in [1.54, 1.807) is 12.4 Å². The van der Waals surface area contributed by atoms with E-state index in [0.717, 1.165) is 16.8 Å². The first-order chi connectivity index (χ1) is 8.86. The van der Waals surface area contributed by atoms with Crippen LogP contribution in [0.4, 0.5) is 0 Å². The van der Waals surface area contributed by atoms with Crippen molar-refractivity contribution in [2.75, 3.05) is 0 Å². The van der Waals surface area contributed by atoms with Gasteiger partial charge in [-0.2, -0.15) is 5.10 Å². The number of benzene rings is 1. The molecule has 1 aliphatic heterocycles. The molecule has 0 saturated heterocycles. The van der Waals surface area contributed by atoms with Crippen molar-refractivity contribution in [1.82, 2.24) is 10.4 Å². The van der Waals surface area contributed by atoms with Crippen molar-refractivity contribution in [3.8, 4) is 0 Å². The van der Waals surface area contributed by atoms with Gasteiger partial charge in [-0.05, 0) is 17.7 Å². The Morgan fingerprint density at radius 2 is 1.72 bits per heavy atom. The van der Waals surface area contributed by atoms with Gasteiger partial charge in [0.15, 0.2) is 0 Å². The molecule has 2 aromatic rings. The molecule has 1 N–H and O–H groups in total. The van der Waals surface area contributed by atoms with Gasteiger partial charge in [-0.3, -0.25) is 9.78 Å². The summed E-state index contributed by atoms with van der Waals surface area (Å²) in [6.45, 7) is 0. The number of hydrogen-bond acceptors (Lipinski definition) is 3. The van der Waals surface area contributed by atoms with Crippen LogP contribution in [0.3, 0.4) is 0 Å². The van der Waals surface area contributed by atoms with Crippen LogP contribution in [-0.2, 0) is 4.79 Å². The second kappa shape index (κ2) is 4.41. The van der Waals surface area contributed by atoms with Crippen molar-refractivity contribution < 1.29 is 4.79 Å². The minimum Gasteiger partial charge on any atom is -0.272 e. The highest BCUT2D eigenvalue weighted by Crippen LogP contribution is 2.24. The van der Waals surface area contributed by atoms with E-state index in [0.29, 0.717) is 0 Å². The van der Waals surface area contributed by atoms with Gasteiger partial charge in [0.2, 0.25) is 0 Å². The number of hydrazone groups is 1. The molecular formula is C14H11N3O. The van der Waals surface area contributed by atoms with Gasteiger partial charge >= 0.3 is 0 Å². The number of carbonyl (C=O) groups excluding carboxylic acids is 1. The zero-order chi connectivity index (χ0) is 12.4. The highest BCUT2D eigenvalue weighted by Gasteiger charge is 2.32. The third kappa shape index (κ3) is 1.78. The van der Waals surface area contributed by atoms with E-state index >= 15 is 0 Å². The molecule has 0 saturated carbocycles. The molecule has 1 aliphatic rings. The van der Waals surface area contributed by atoms with Gasteiger partial charge in [-0.1, -0.05) is 30.3 Å². The molecule has 0 spiro atoms. The number of pyridine rings is 1. The number of amides is 1. The molecule has 0 unspecified atom stereocenters. The largest absolute Gasteiger partial charge is 0.272 e. The fraction of sp³-hybridized carbons (Fsp3) is 0.0714. The van der Waals surface area contributed by atoms with Crippen LogP contribution in [0, 0.1) is 0 Å². The standard InChI is InChI=1S/C14H11N3O/c18-14-12(10-4-2-1-3-5-10)13(16-17-14)11-6-8-15-9-7-11/h1-9,12H,(H,17,18)/t12-/m1/s1. The van der Waals surface area contributed by atoms with E-state index < -0.39 is 0 Å². The molecular weight excluding hydrogens is 226 g/mol. The lowest BCUT2D eigenvalue weighted by Gasteiger charge is -2.10. The summed E-state index contributed by atoms with van der Waals surface area (Å²) in [5.41, 5.74) is 5.15. The molecule has 0 aliphatic carbocycles. The minimum absolute atomic E-state index is 0.0898. The third-order valence-electron chi connectivity index (χ3n) is 2.93. The van der Waals surface area contributed by atoms with Crippen LogP contribution in [-0.4, -0.2) is 16.6 Å². The molecule has 0 bridgehead atoms. The molecule has 4 heteroatoms. The Morgan fingerprint density at radius 1 is 1.00 bits per heavy atom. The van der Waals surface area contributed by atoms with Crippen LogP contribution in [0.15, 0.2) is 60.0 Å². The van der Waals surface area contributed by atoms with E-state index in [-0.39, 0.29) is 11.8 Å². The molecule has 88 valence electrons. The number of rotatable bonds is 2. The smallest absolute Gasteiger partial charge is 0.253 e. The van der Waals surface area contributed by atoms with Crippen LogP contribution in [0.5, 0.6) is 0 Å². The van der Waals surface area contributed by atoms with Crippen molar-refractivity contribution in [3.05, 3.63) is 66.0 Å². The topological polar surface area (TPSA) is 54.4 Å². The van der Waals surface area contributed by atoms with E-state index in [1.807, 2.05) is 42.5 Å². The maximum Gasteiger partial charge on any atom is 0.253 e. The lowest BCUT2D eigenvalue weighted by atomic mass is 9.90. The van der Waals surface area contributed by atoms with Crippen LogP contribution in [0.1, 0.15) is 17.0 Å². The maximum absolute atomic E-state index is 11.9. The zero-order valence-corrected chi connectivity index (χ0v) is 9.58. The first kappa shape index (κ1) is 10.7. The van der Waals surface area contributed by atoms with Crippen LogP contribution < -0.4 is 5.43 Å². The predicted octanol–water partition coefficient (Wildman–Crippen LogP) is 1.70. The average Bonchev–Trinajstić information content (AvgIpc) is 2.83. The average molecular weight is 237 g/mol. The summed E-state index contributed by atoms with van der Waals surface area (Å²) >= 11 is 0. The number of nitrogens with zero attached hydrogens (tertiary/aromatic N) is 2. The Morgan fingerprint density at radius 3 is 2.44 bits per heavy atom. The van der Waals surface area contributed by atoms with Gasteiger partial charge in [-0.15, -0.1) is 0 Å². The molecule has 3 rings (SSSR count). The molecule has 0 radical (unpaired) electrons. The molecule has 2 heterocycles. The molecule has 1 aromatic heterocycles. The molecule has 1 aromatic carbocycles. The quantitative estimate of drug-likeness (QED) is 0.864. The van der Waals surface area contributed by atoms with Crippen LogP contribution in [0.25, 0.3) is 0 Å². The molecule has 1 amide bonds. The minimum atomic E-state index is -0.339. The lowest BCUT2D eigenvalue weighted by Crippen LogP contribution is -2.21. The zero-order valence-electron chi connectivity index (χ0n) is 9.58. The third-order valence-corrected chi connectivity index (χ3v) is 2.93. The summed E-state index contributed by atoms with van der Waals surface area (Å²) in [7, 11) is 0. The Bertz CT molecular complexity index is 593. The van der Waals surface area contributed by atoms with Crippen molar-refractivity contribution in [2.45, 2.75) is 5.92 Å². The van der Waals surface area contributed by atoms with Crippen LogP contribution >= 0.6 is 0 Å². The lowest BCUT2D eigenvalue weighted by molar-refractivity contribution is -0.120. The SMILES string of the molecule is O=C1NN=C(c2ccncc2)[C@H]1c1ccccc1. The van der Waals surface area contributed by atoms with E-state index in [2.05, 4.69) is 15.5 Å². The summed E-state index contributed by atoms with van der Waals surface area (Å²) in [4.78, 5) is 15.9. The summed E-state index contributed by atoms with van der Waals surface area (Å²) in [6.07, 6.45) is 3.39. The van der Waals surface area contributed by atoms with Gasteiger partial charge in [0.05, 0.1) is 5.71 Å². The summed E-state index contributed by atoms with van der Waals surface area (Å²) in [5.74, 6) is -0.429. The Kier molecular flexibility index (Phi) is 2.61. The van der Waals surface area contributed by atoms with Gasteiger partial charge < -0.3 is 0 Å². The fourth-order valence-electron chi connectivity index (χ4n) is 2.08. The van der Waals surface area contributed by atoms with Gasteiger partial charge in [0.1, 0.15) is 5.92 Å². The van der Waals surface area contributed by atoms with Crippen molar-refractivity contribution in [1.29, 1.82) is 0 Å². The maximum atomic E-state index is 11.9. The number of carbonyl (C=O) groups is 1. The van der Waals surface area contributed by atoms with E-state index in [4.69, 9.17) is 0 Å². The van der Waals surface area contributed by atoms with Gasteiger partial charge in [0.25, 0.3) is 5.91 Å². The Balaban J connectivity index is 2.03. The predicted molar refractivity (Wildman–Crippen MR) is 68.1 cm³/mol. The monoisotopic (exact) mass is 237 g/mol. The summed E-state index contributed by atoms with van der Waals surface area (Å²) in [6, 6.07) is 13.4. The van der Waals surface area contributed by atoms with Crippen LogP contribution in [0.2, 0.25) is 0 Å². The van der Waals surface area contributed by atoms with Crippen molar-refractivity contribution in [3.63, 3.8) is 0 Å². The number of hydrogen-bond donors (Lipinski definition) is 1. The normalized spacial score (nSPS) is 18.3. The highest BCUT2D eigenvalue weighted by atomic mass is 16.2. The number of aromatic nitrogens is 1. The Hall–Kier alpha value is -2.49. The molecule has 18 heavy (non-hydrogen) atoms. The molecule has 4 nitrogen and oxygen atoms in total. The fourth-order valence-corrected chi connectivity index (χ4v) is 2.08. The summed E-state index contributed by atoms with van der Waals surface area (Å²) in [5, 5.41) is 4.13. The second-order valence-electron chi connectivity index (χ2n) is 4.05. The number of nitrogens with one attached hydrogen (secondary N) is 1. The second-order valence-corrected chi connectivity index (χ2v) is 4.05.